The third-order valence-corrected chi connectivity index (χ3v) is 3.11. The highest BCUT2D eigenvalue weighted by Gasteiger charge is 2.42. The van der Waals surface area contributed by atoms with Crippen molar-refractivity contribution in [2.24, 2.45) is 0 Å². The van der Waals surface area contributed by atoms with Crippen molar-refractivity contribution < 1.29 is 13.5 Å². The molecule has 4 heteroatoms. The van der Waals surface area contributed by atoms with Gasteiger partial charge >= 0.3 is 0 Å². The number of ether oxygens (including phenoxy) is 1. The fourth-order valence-electron chi connectivity index (χ4n) is 2.22. The maximum absolute atomic E-state index is 14.2. The summed E-state index contributed by atoms with van der Waals surface area (Å²) in [5.74, 6) is -2.18. The Bertz CT molecular complexity index is 383. The zero-order valence-corrected chi connectivity index (χ0v) is 10.7. The van der Waals surface area contributed by atoms with Gasteiger partial charge in [0.1, 0.15) is 5.75 Å². The molecular weight excluding hydrogens is 236 g/mol. The van der Waals surface area contributed by atoms with Crippen LogP contribution in [0.25, 0.3) is 0 Å². The number of rotatable bonds is 4. The maximum Gasteiger partial charge on any atom is 0.288 e. The molecule has 1 aliphatic heterocycles. The van der Waals surface area contributed by atoms with Gasteiger partial charge in [-0.1, -0.05) is 0 Å². The monoisotopic (exact) mass is 255 g/mol. The molecule has 2 nitrogen and oxygen atoms in total. The second-order valence-electron chi connectivity index (χ2n) is 4.96. The van der Waals surface area contributed by atoms with Gasteiger partial charge in [0, 0.05) is 5.56 Å². The largest absolute Gasteiger partial charge is 0.491 e. The van der Waals surface area contributed by atoms with Crippen molar-refractivity contribution in [1.29, 1.82) is 0 Å². The van der Waals surface area contributed by atoms with Gasteiger partial charge in [0.2, 0.25) is 0 Å². The van der Waals surface area contributed by atoms with Gasteiger partial charge in [-0.05, 0) is 57.5 Å². The molecular formula is C14H19F2NO. The summed E-state index contributed by atoms with van der Waals surface area (Å²) in [6, 6.07) is 5.39. The fourth-order valence-corrected chi connectivity index (χ4v) is 2.22. The minimum Gasteiger partial charge on any atom is -0.491 e. The molecule has 0 amide bonds. The highest BCUT2D eigenvalue weighted by molar-refractivity contribution is 5.31. The third-order valence-electron chi connectivity index (χ3n) is 3.11. The molecule has 1 aromatic carbocycles. The Morgan fingerprint density at radius 3 is 2.44 bits per heavy atom. The summed E-state index contributed by atoms with van der Waals surface area (Å²) in [4.78, 5) is 0. The first kappa shape index (κ1) is 13.3. The standard InChI is InChI=1S/C14H19F2NO/c1-10(2)18-12-7-5-11(6-8-12)14(15,16)13-4-3-9-17-13/h5-8,10,13,17H,3-4,9H2,1-2H3. The van der Waals surface area contributed by atoms with Gasteiger partial charge < -0.3 is 10.1 Å². The minimum atomic E-state index is -2.81. The van der Waals surface area contributed by atoms with E-state index in [0.717, 1.165) is 6.42 Å². The second-order valence-corrected chi connectivity index (χ2v) is 4.96. The summed E-state index contributed by atoms with van der Waals surface area (Å²) in [5, 5.41) is 2.86. The lowest BCUT2D eigenvalue weighted by atomic mass is 10.00. The average molecular weight is 255 g/mol. The first-order valence-electron chi connectivity index (χ1n) is 6.38. The summed E-state index contributed by atoms with van der Waals surface area (Å²) in [6.07, 6.45) is 1.39. The summed E-state index contributed by atoms with van der Waals surface area (Å²) in [5.41, 5.74) is 0.0537. The minimum absolute atomic E-state index is 0.0489. The quantitative estimate of drug-likeness (QED) is 0.891. The summed E-state index contributed by atoms with van der Waals surface area (Å²) >= 11 is 0. The van der Waals surface area contributed by atoms with E-state index in [1.54, 1.807) is 12.1 Å². The number of hydrogen-bond donors (Lipinski definition) is 1. The molecule has 1 N–H and O–H groups in total. The van der Waals surface area contributed by atoms with Crippen molar-refractivity contribution in [3.63, 3.8) is 0 Å². The van der Waals surface area contributed by atoms with Gasteiger partial charge in [-0.25, -0.2) is 0 Å². The van der Waals surface area contributed by atoms with Crippen LogP contribution in [0.15, 0.2) is 24.3 Å². The van der Waals surface area contributed by atoms with Gasteiger partial charge in [0.25, 0.3) is 5.92 Å². The van der Waals surface area contributed by atoms with Crippen LogP contribution in [-0.2, 0) is 5.92 Å². The molecule has 1 unspecified atom stereocenters. The Hall–Kier alpha value is -1.16. The number of alkyl halides is 2. The fraction of sp³-hybridized carbons (Fsp3) is 0.571. The summed E-state index contributed by atoms with van der Waals surface area (Å²) < 4.78 is 33.8. The average Bonchev–Trinajstić information content (AvgIpc) is 2.83. The van der Waals surface area contributed by atoms with Crippen LogP contribution in [-0.4, -0.2) is 18.7 Å². The van der Waals surface area contributed by atoms with Crippen molar-refractivity contribution >= 4 is 0 Å². The van der Waals surface area contributed by atoms with E-state index in [4.69, 9.17) is 4.74 Å². The number of benzene rings is 1. The maximum atomic E-state index is 14.2. The van der Waals surface area contributed by atoms with Crippen LogP contribution in [0, 0.1) is 0 Å². The van der Waals surface area contributed by atoms with Gasteiger partial charge in [-0.15, -0.1) is 0 Å². The van der Waals surface area contributed by atoms with Crippen molar-refractivity contribution in [2.45, 2.75) is 44.8 Å². The lowest BCUT2D eigenvalue weighted by molar-refractivity contribution is -0.0376. The number of halogens is 2. The zero-order chi connectivity index (χ0) is 13.2. The number of nitrogens with one attached hydrogen (secondary N) is 1. The molecule has 1 aromatic rings. The van der Waals surface area contributed by atoms with Gasteiger partial charge in [0.15, 0.2) is 0 Å². The van der Waals surface area contributed by atoms with Crippen LogP contribution in [0.5, 0.6) is 5.75 Å². The van der Waals surface area contributed by atoms with Crippen LogP contribution in [0.2, 0.25) is 0 Å². The normalized spacial score (nSPS) is 20.4. The Morgan fingerprint density at radius 2 is 1.94 bits per heavy atom. The Labute approximate surface area is 106 Å². The van der Waals surface area contributed by atoms with E-state index in [-0.39, 0.29) is 11.7 Å². The summed E-state index contributed by atoms with van der Waals surface area (Å²) in [7, 11) is 0. The molecule has 2 rings (SSSR count). The molecule has 1 aliphatic rings. The van der Waals surface area contributed by atoms with E-state index in [9.17, 15) is 8.78 Å². The first-order chi connectivity index (χ1) is 8.50. The molecule has 0 saturated carbocycles. The Balaban J connectivity index is 2.12. The molecule has 18 heavy (non-hydrogen) atoms. The number of hydrogen-bond acceptors (Lipinski definition) is 2. The SMILES string of the molecule is CC(C)Oc1ccc(C(F)(F)C2CCCN2)cc1. The van der Waals surface area contributed by atoms with Crippen LogP contribution in [0.1, 0.15) is 32.3 Å². The summed E-state index contributed by atoms with van der Waals surface area (Å²) in [6.45, 7) is 4.49. The first-order valence-corrected chi connectivity index (χ1v) is 6.38. The molecule has 0 aliphatic carbocycles. The van der Waals surface area contributed by atoms with E-state index < -0.39 is 12.0 Å². The Kier molecular flexibility index (Phi) is 3.85. The van der Waals surface area contributed by atoms with Crippen molar-refractivity contribution in [1.82, 2.24) is 5.32 Å². The molecule has 1 saturated heterocycles. The van der Waals surface area contributed by atoms with E-state index in [1.807, 2.05) is 13.8 Å². The van der Waals surface area contributed by atoms with Gasteiger partial charge in [-0.2, -0.15) is 8.78 Å². The van der Waals surface area contributed by atoms with E-state index in [0.29, 0.717) is 18.7 Å². The van der Waals surface area contributed by atoms with Crippen LogP contribution >= 0.6 is 0 Å². The molecule has 1 atom stereocenters. The lowest BCUT2D eigenvalue weighted by Gasteiger charge is -2.24. The lowest BCUT2D eigenvalue weighted by Crippen LogP contribution is -2.38. The molecule has 0 radical (unpaired) electrons. The molecule has 1 heterocycles. The topological polar surface area (TPSA) is 21.3 Å². The Morgan fingerprint density at radius 1 is 1.28 bits per heavy atom. The van der Waals surface area contributed by atoms with Gasteiger partial charge in [-0.3, -0.25) is 0 Å². The highest BCUT2D eigenvalue weighted by Crippen LogP contribution is 2.36. The predicted molar refractivity (Wildman–Crippen MR) is 67.1 cm³/mol. The molecule has 100 valence electrons. The third kappa shape index (κ3) is 2.80. The predicted octanol–water partition coefficient (Wildman–Crippen LogP) is 3.32. The zero-order valence-electron chi connectivity index (χ0n) is 10.7. The van der Waals surface area contributed by atoms with Crippen molar-refractivity contribution in [3.05, 3.63) is 29.8 Å². The molecule has 0 bridgehead atoms. The molecule has 0 spiro atoms. The van der Waals surface area contributed by atoms with E-state index in [2.05, 4.69) is 5.32 Å². The molecule has 1 fully saturated rings. The van der Waals surface area contributed by atoms with E-state index in [1.165, 1.54) is 12.1 Å². The smallest absolute Gasteiger partial charge is 0.288 e. The van der Waals surface area contributed by atoms with Crippen molar-refractivity contribution in [2.75, 3.05) is 6.54 Å². The molecule has 0 aromatic heterocycles. The van der Waals surface area contributed by atoms with E-state index >= 15 is 0 Å². The van der Waals surface area contributed by atoms with Gasteiger partial charge in [0.05, 0.1) is 12.1 Å². The van der Waals surface area contributed by atoms with Crippen LogP contribution in [0.4, 0.5) is 8.78 Å². The van der Waals surface area contributed by atoms with Crippen LogP contribution < -0.4 is 10.1 Å². The second kappa shape index (κ2) is 5.22. The highest BCUT2D eigenvalue weighted by atomic mass is 19.3. The van der Waals surface area contributed by atoms with Crippen LogP contribution in [0.3, 0.4) is 0 Å². The van der Waals surface area contributed by atoms with Crippen molar-refractivity contribution in [3.8, 4) is 5.75 Å².